The minimum absolute atomic E-state index is 0.103. The van der Waals surface area contributed by atoms with Crippen LogP contribution in [0.2, 0.25) is 0 Å². The zero-order valence-corrected chi connectivity index (χ0v) is 16.1. The van der Waals surface area contributed by atoms with Crippen LogP contribution < -0.4 is 5.32 Å². The molecule has 1 heterocycles. The van der Waals surface area contributed by atoms with Crippen LogP contribution in [0.1, 0.15) is 37.5 Å². The van der Waals surface area contributed by atoms with E-state index < -0.39 is 11.0 Å². The van der Waals surface area contributed by atoms with Crippen LogP contribution in [0.25, 0.3) is 0 Å². The molecule has 1 N–H and O–H groups in total. The standard InChI is InChI=1S/C25H25NO/c1-23(2,3)25(22(27)26-25)24(19-13-7-4-8-14-19,20-15-9-5-10-16-20)21-17-11-6-12-18-21/h4-18H,1-3H3,(H,26,27). The van der Waals surface area contributed by atoms with Crippen molar-refractivity contribution in [3.63, 3.8) is 0 Å². The first kappa shape index (κ1) is 17.5. The van der Waals surface area contributed by atoms with E-state index in [0.717, 1.165) is 16.7 Å². The molecular formula is C25H25NO. The van der Waals surface area contributed by atoms with E-state index in [4.69, 9.17) is 0 Å². The summed E-state index contributed by atoms with van der Waals surface area (Å²) in [5, 5.41) is 3.28. The van der Waals surface area contributed by atoms with E-state index in [1.165, 1.54) is 0 Å². The van der Waals surface area contributed by atoms with Gasteiger partial charge < -0.3 is 5.32 Å². The maximum absolute atomic E-state index is 13.1. The maximum Gasteiger partial charge on any atom is 0.248 e. The van der Waals surface area contributed by atoms with E-state index in [2.05, 4.69) is 98.9 Å². The van der Waals surface area contributed by atoms with Crippen molar-refractivity contribution in [2.45, 2.75) is 31.7 Å². The Morgan fingerprint density at radius 3 is 1.15 bits per heavy atom. The third kappa shape index (κ3) is 2.36. The fraction of sp³-hybridized carbons (Fsp3) is 0.240. The molecule has 0 radical (unpaired) electrons. The molecule has 27 heavy (non-hydrogen) atoms. The quantitative estimate of drug-likeness (QED) is 0.523. The number of nitrogens with one attached hydrogen (secondary N) is 1. The average molecular weight is 355 g/mol. The molecule has 0 spiro atoms. The summed E-state index contributed by atoms with van der Waals surface area (Å²) >= 11 is 0. The number of benzene rings is 3. The predicted octanol–water partition coefficient (Wildman–Crippen LogP) is 4.94. The number of hydrogen-bond acceptors (Lipinski definition) is 1. The Balaban J connectivity index is 2.17. The fourth-order valence-electron chi connectivity index (χ4n) is 4.71. The van der Waals surface area contributed by atoms with Crippen LogP contribution in [0.4, 0.5) is 0 Å². The van der Waals surface area contributed by atoms with Gasteiger partial charge in [-0.25, -0.2) is 0 Å². The molecule has 1 saturated heterocycles. The zero-order chi connectivity index (χ0) is 19.1. The summed E-state index contributed by atoms with van der Waals surface area (Å²) < 4.78 is 0. The lowest BCUT2D eigenvalue weighted by molar-refractivity contribution is -0.113. The van der Waals surface area contributed by atoms with Gasteiger partial charge in [0, 0.05) is 0 Å². The van der Waals surface area contributed by atoms with Crippen molar-refractivity contribution < 1.29 is 4.79 Å². The lowest BCUT2D eigenvalue weighted by Gasteiger charge is -2.46. The molecule has 2 nitrogen and oxygen atoms in total. The smallest absolute Gasteiger partial charge is 0.248 e. The molecular weight excluding hydrogens is 330 g/mol. The van der Waals surface area contributed by atoms with Crippen LogP contribution in [0.3, 0.4) is 0 Å². The molecule has 0 aliphatic carbocycles. The summed E-state index contributed by atoms with van der Waals surface area (Å²) in [6.45, 7) is 6.44. The molecule has 2 heteroatoms. The molecule has 3 aromatic carbocycles. The van der Waals surface area contributed by atoms with E-state index in [1.54, 1.807) is 0 Å². The van der Waals surface area contributed by atoms with Gasteiger partial charge in [0.1, 0.15) is 5.54 Å². The summed E-state index contributed by atoms with van der Waals surface area (Å²) in [6, 6.07) is 31.2. The van der Waals surface area contributed by atoms with Crippen molar-refractivity contribution in [1.82, 2.24) is 5.32 Å². The monoisotopic (exact) mass is 355 g/mol. The highest BCUT2D eigenvalue weighted by Gasteiger charge is 2.74. The lowest BCUT2D eigenvalue weighted by atomic mass is 9.54. The van der Waals surface area contributed by atoms with Gasteiger partial charge in [-0.3, -0.25) is 4.79 Å². The van der Waals surface area contributed by atoms with Gasteiger partial charge in [0.25, 0.3) is 0 Å². The minimum atomic E-state index is -0.718. The van der Waals surface area contributed by atoms with Crippen molar-refractivity contribution in [3.8, 4) is 0 Å². The molecule has 0 bridgehead atoms. The van der Waals surface area contributed by atoms with E-state index >= 15 is 0 Å². The molecule has 4 rings (SSSR count). The second-order valence-corrected chi connectivity index (χ2v) is 8.30. The van der Waals surface area contributed by atoms with Gasteiger partial charge in [0.15, 0.2) is 0 Å². The van der Waals surface area contributed by atoms with Gasteiger partial charge in [-0.2, -0.15) is 0 Å². The molecule has 3 aromatic rings. The molecule has 136 valence electrons. The Morgan fingerprint density at radius 2 is 0.926 bits per heavy atom. The number of carbonyl (C=O) groups is 1. The number of rotatable bonds is 4. The van der Waals surface area contributed by atoms with Crippen LogP contribution >= 0.6 is 0 Å². The first-order valence-electron chi connectivity index (χ1n) is 9.44. The average Bonchev–Trinajstić information content (AvgIpc) is 3.38. The molecule has 1 atom stereocenters. The predicted molar refractivity (Wildman–Crippen MR) is 110 cm³/mol. The number of amides is 1. The zero-order valence-electron chi connectivity index (χ0n) is 16.1. The Hall–Kier alpha value is -2.87. The molecule has 1 aliphatic rings. The summed E-state index contributed by atoms with van der Waals surface area (Å²) in [4.78, 5) is 13.1. The van der Waals surface area contributed by atoms with Crippen molar-refractivity contribution in [3.05, 3.63) is 108 Å². The molecule has 1 unspecified atom stereocenters. The second-order valence-electron chi connectivity index (χ2n) is 8.30. The molecule has 1 aliphatic heterocycles. The van der Waals surface area contributed by atoms with Gasteiger partial charge in [-0.15, -0.1) is 0 Å². The molecule has 0 saturated carbocycles. The third-order valence-corrected chi connectivity index (χ3v) is 5.89. The van der Waals surface area contributed by atoms with E-state index in [1.807, 2.05) is 18.2 Å². The van der Waals surface area contributed by atoms with Crippen molar-refractivity contribution >= 4 is 5.91 Å². The van der Waals surface area contributed by atoms with Gasteiger partial charge in [-0.1, -0.05) is 112 Å². The van der Waals surface area contributed by atoms with Gasteiger partial charge >= 0.3 is 0 Å². The highest BCUT2D eigenvalue weighted by Crippen LogP contribution is 2.59. The SMILES string of the molecule is CC(C)(C)C1(C(c2ccccc2)(c2ccccc2)c2ccccc2)NC1=O. The largest absolute Gasteiger partial charge is 0.338 e. The first-order chi connectivity index (χ1) is 12.9. The summed E-state index contributed by atoms with van der Waals surface area (Å²) in [6.07, 6.45) is 0. The van der Waals surface area contributed by atoms with Crippen LogP contribution in [0.5, 0.6) is 0 Å². The second kappa shape index (κ2) is 6.09. The van der Waals surface area contributed by atoms with Crippen LogP contribution in [0.15, 0.2) is 91.0 Å². The van der Waals surface area contributed by atoms with Gasteiger partial charge in [0.05, 0.1) is 5.41 Å². The molecule has 1 amide bonds. The minimum Gasteiger partial charge on any atom is -0.338 e. The Bertz CT molecular complexity index is 845. The van der Waals surface area contributed by atoms with Gasteiger partial charge in [0.2, 0.25) is 5.91 Å². The normalized spacial score (nSPS) is 19.4. The van der Waals surface area contributed by atoms with Crippen molar-refractivity contribution in [2.75, 3.05) is 0 Å². The van der Waals surface area contributed by atoms with E-state index in [-0.39, 0.29) is 11.3 Å². The number of hydrogen-bond donors (Lipinski definition) is 1. The summed E-state index contributed by atoms with van der Waals surface area (Å²) in [5.41, 5.74) is 1.74. The highest BCUT2D eigenvalue weighted by atomic mass is 16.2. The lowest BCUT2D eigenvalue weighted by Crippen LogP contribution is -2.55. The summed E-state index contributed by atoms with van der Waals surface area (Å²) in [5.74, 6) is 0.103. The highest BCUT2D eigenvalue weighted by molar-refractivity contribution is 6.07. The van der Waals surface area contributed by atoms with E-state index in [0.29, 0.717) is 0 Å². The van der Waals surface area contributed by atoms with Crippen LogP contribution in [0, 0.1) is 5.41 Å². The van der Waals surface area contributed by atoms with Crippen molar-refractivity contribution in [1.29, 1.82) is 0 Å². The van der Waals surface area contributed by atoms with E-state index in [9.17, 15) is 4.79 Å². The Labute approximate surface area is 161 Å². The molecule has 0 aromatic heterocycles. The Morgan fingerprint density at radius 1 is 0.630 bits per heavy atom. The third-order valence-electron chi connectivity index (χ3n) is 5.89. The van der Waals surface area contributed by atoms with Crippen LogP contribution in [-0.2, 0) is 10.2 Å². The number of carbonyl (C=O) groups excluding carboxylic acids is 1. The molecule has 1 fully saturated rings. The van der Waals surface area contributed by atoms with Crippen LogP contribution in [-0.4, -0.2) is 11.4 Å². The first-order valence-corrected chi connectivity index (χ1v) is 9.44. The summed E-state index contributed by atoms with van der Waals surface area (Å²) in [7, 11) is 0. The van der Waals surface area contributed by atoms with Crippen molar-refractivity contribution in [2.24, 2.45) is 5.41 Å². The topological polar surface area (TPSA) is 39.0 Å². The fourth-order valence-corrected chi connectivity index (χ4v) is 4.71. The Kier molecular flexibility index (Phi) is 3.96. The maximum atomic E-state index is 13.1. The van der Waals surface area contributed by atoms with Gasteiger partial charge in [-0.05, 0) is 22.1 Å².